The van der Waals surface area contributed by atoms with Crippen LogP contribution in [0.4, 0.5) is 0 Å². The monoisotopic (exact) mass is 252 g/mol. The summed E-state index contributed by atoms with van der Waals surface area (Å²) >= 11 is 0. The quantitative estimate of drug-likeness (QED) is 0.809. The number of aliphatic hydroxyl groups excluding tert-OH is 2. The van der Waals surface area contributed by atoms with Gasteiger partial charge in [0.1, 0.15) is 6.17 Å². The molecule has 0 bridgehead atoms. The third-order valence-electron chi connectivity index (χ3n) is 3.81. The number of nitrogens with zero attached hydrogens (tertiary/aromatic N) is 2. The fourth-order valence-corrected chi connectivity index (χ4v) is 2.93. The van der Waals surface area contributed by atoms with Gasteiger partial charge in [-0.25, -0.2) is 0 Å². The van der Waals surface area contributed by atoms with E-state index < -0.39 is 0 Å². The largest absolute Gasteiger partial charge is 0.502 e. The molecule has 4 heteroatoms. The molecule has 1 heterocycles. The van der Waals surface area contributed by atoms with Gasteiger partial charge in [-0.15, -0.1) is 0 Å². The van der Waals surface area contributed by atoms with Crippen LogP contribution in [0.2, 0.25) is 0 Å². The number of hydrogen-bond acceptors (Lipinski definition) is 4. The second-order valence-electron chi connectivity index (χ2n) is 5.80. The lowest BCUT2D eigenvalue weighted by Gasteiger charge is -2.41. The summed E-state index contributed by atoms with van der Waals surface area (Å²) < 4.78 is 0. The second-order valence-corrected chi connectivity index (χ2v) is 5.80. The van der Waals surface area contributed by atoms with E-state index in [4.69, 9.17) is 0 Å². The maximum absolute atomic E-state index is 10.1. The Morgan fingerprint density at radius 2 is 1.94 bits per heavy atom. The van der Waals surface area contributed by atoms with E-state index in [1.807, 2.05) is 4.90 Å². The van der Waals surface area contributed by atoms with Crippen LogP contribution in [0, 0.1) is 5.92 Å². The van der Waals surface area contributed by atoms with Crippen LogP contribution in [0.25, 0.3) is 0 Å². The van der Waals surface area contributed by atoms with Gasteiger partial charge in [0.2, 0.25) is 5.88 Å². The molecule has 1 unspecified atom stereocenters. The van der Waals surface area contributed by atoms with E-state index in [0.29, 0.717) is 12.0 Å². The molecule has 1 fully saturated rings. The van der Waals surface area contributed by atoms with Gasteiger partial charge in [0.25, 0.3) is 0 Å². The summed E-state index contributed by atoms with van der Waals surface area (Å²) in [5, 5.41) is 19.8. The standard InChI is InChI=1S/C14H24N2O2/c1-10(2)8-13-15-9-12(17)14(18)16(13)11-6-4-3-5-7-11/h9-11,13,17-18H,3-8H2,1-2H3. The summed E-state index contributed by atoms with van der Waals surface area (Å²) in [6.45, 7) is 4.31. The van der Waals surface area contributed by atoms with E-state index >= 15 is 0 Å². The highest BCUT2D eigenvalue weighted by Crippen LogP contribution is 2.31. The van der Waals surface area contributed by atoms with Crippen LogP contribution in [0.5, 0.6) is 0 Å². The highest BCUT2D eigenvalue weighted by atomic mass is 16.3. The van der Waals surface area contributed by atoms with Crippen LogP contribution < -0.4 is 0 Å². The van der Waals surface area contributed by atoms with Crippen LogP contribution in [-0.2, 0) is 0 Å². The maximum Gasteiger partial charge on any atom is 0.234 e. The Morgan fingerprint density at radius 3 is 2.56 bits per heavy atom. The topological polar surface area (TPSA) is 56.1 Å². The van der Waals surface area contributed by atoms with Crippen LogP contribution >= 0.6 is 0 Å². The predicted molar refractivity (Wildman–Crippen MR) is 72.7 cm³/mol. The summed E-state index contributed by atoms with van der Waals surface area (Å²) in [6, 6.07) is 0.321. The number of aliphatic hydroxyl groups is 2. The Labute approximate surface area is 109 Å². The molecule has 2 aliphatic rings. The average molecular weight is 252 g/mol. The number of rotatable bonds is 3. The van der Waals surface area contributed by atoms with E-state index in [9.17, 15) is 10.2 Å². The number of allylic oxidation sites excluding steroid dienone is 1. The van der Waals surface area contributed by atoms with Crippen molar-refractivity contribution in [2.45, 2.75) is 64.6 Å². The molecule has 0 radical (unpaired) electrons. The first-order chi connectivity index (χ1) is 8.59. The zero-order valence-corrected chi connectivity index (χ0v) is 11.3. The Kier molecular flexibility index (Phi) is 4.15. The molecule has 0 spiro atoms. The van der Waals surface area contributed by atoms with E-state index in [1.165, 1.54) is 25.5 Å². The zero-order valence-electron chi connectivity index (χ0n) is 11.3. The Balaban J connectivity index is 2.16. The van der Waals surface area contributed by atoms with Gasteiger partial charge in [-0.1, -0.05) is 33.1 Å². The van der Waals surface area contributed by atoms with Crippen molar-refractivity contribution in [2.75, 3.05) is 0 Å². The highest BCUT2D eigenvalue weighted by Gasteiger charge is 2.33. The lowest BCUT2D eigenvalue weighted by atomic mass is 9.93. The van der Waals surface area contributed by atoms with Gasteiger partial charge in [-0.05, 0) is 25.2 Å². The first kappa shape index (κ1) is 13.2. The molecule has 0 amide bonds. The minimum absolute atomic E-state index is 0.0163. The lowest BCUT2D eigenvalue weighted by molar-refractivity contribution is 0.0617. The van der Waals surface area contributed by atoms with Crippen LogP contribution in [0.1, 0.15) is 52.4 Å². The molecule has 0 aromatic heterocycles. The first-order valence-electron chi connectivity index (χ1n) is 7.03. The molecule has 102 valence electrons. The summed E-state index contributed by atoms with van der Waals surface area (Å²) in [5.41, 5.74) is 0. The van der Waals surface area contributed by atoms with Gasteiger partial charge in [-0.3, -0.25) is 4.99 Å². The van der Waals surface area contributed by atoms with Gasteiger partial charge >= 0.3 is 0 Å². The van der Waals surface area contributed by atoms with Crippen molar-refractivity contribution in [3.63, 3.8) is 0 Å². The zero-order chi connectivity index (χ0) is 13.1. The predicted octanol–water partition coefficient (Wildman–Crippen LogP) is 3.36. The summed E-state index contributed by atoms with van der Waals surface area (Å²) in [5.74, 6) is 0.439. The van der Waals surface area contributed by atoms with Gasteiger partial charge in [0, 0.05) is 6.04 Å². The molecule has 1 aliphatic carbocycles. The minimum Gasteiger partial charge on any atom is -0.502 e. The second kappa shape index (κ2) is 5.63. The molecular weight excluding hydrogens is 228 g/mol. The van der Waals surface area contributed by atoms with Crippen molar-refractivity contribution in [3.8, 4) is 0 Å². The van der Waals surface area contributed by atoms with Crippen molar-refractivity contribution < 1.29 is 10.2 Å². The van der Waals surface area contributed by atoms with Crippen molar-refractivity contribution in [3.05, 3.63) is 11.6 Å². The summed E-state index contributed by atoms with van der Waals surface area (Å²) in [6.07, 6.45) is 8.12. The van der Waals surface area contributed by atoms with Gasteiger partial charge in [0.15, 0.2) is 5.76 Å². The fraction of sp³-hybridized carbons (Fsp3) is 0.786. The van der Waals surface area contributed by atoms with Crippen molar-refractivity contribution in [2.24, 2.45) is 10.9 Å². The van der Waals surface area contributed by atoms with Gasteiger partial charge in [-0.2, -0.15) is 0 Å². The van der Waals surface area contributed by atoms with Crippen molar-refractivity contribution >= 4 is 6.21 Å². The first-order valence-corrected chi connectivity index (χ1v) is 7.03. The summed E-state index contributed by atoms with van der Waals surface area (Å²) in [4.78, 5) is 6.33. The molecule has 0 saturated heterocycles. The fourth-order valence-electron chi connectivity index (χ4n) is 2.93. The average Bonchev–Trinajstić information content (AvgIpc) is 2.35. The van der Waals surface area contributed by atoms with Crippen LogP contribution in [-0.4, -0.2) is 33.5 Å². The normalized spacial score (nSPS) is 26.2. The van der Waals surface area contributed by atoms with E-state index in [-0.39, 0.29) is 17.8 Å². The van der Waals surface area contributed by atoms with Crippen molar-refractivity contribution in [1.82, 2.24) is 4.90 Å². The maximum atomic E-state index is 10.1. The molecule has 18 heavy (non-hydrogen) atoms. The number of hydrogen-bond donors (Lipinski definition) is 2. The van der Waals surface area contributed by atoms with Crippen LogP contribution in [0.3, 0.4) is 0 Å². The Hall–Kier alpha value is -1.19. The third-order valence-corrected chi connectivity index (χ3v) is 3.81. The highest BCUT2D eigenvalue weighted by molar-refractivity contribution is 5.76. The summed E-state index contributed by atoms with van der Waals surface area (Å²) in [7, 11) is 0. The SMILES string of the molecule is CC(C)CC1N=CC(O)=C(O)N1C1CCCCC1. The number of aliphatic imine (C=N–C) groups is 1. The Morgan fingerprint density at radius 1 is 1.28 bits per heavy atom. The molecule has 0 aromatic carbocycles. The lowest BCUT2D eigenvalue weighted by Crippen LogP contribution is -2.45. The van der Waals surface area contributed by atoms with Gasteiger partial charge < -0.3 is 15.1 Å². The van der Waals surface area contributed by atoms with Crippen molar-refractivity contribution in [1.29, 1.82) is 0 Å². The van der Waals surface area contributed by atoms with Crippen LogP contribution in [0.15, 0.2) is 16.6 Å². The molecule has 1 atom stereocenters. The van der Waals surface area contributed by atoms with E-state index in [1.54, 1.807) is 0 Å². The minimum atomic E-state index is -0.0967. The smallest absolute Gasteiger partial charge is 0.234 e. The van der Waals surface area contributed by atoms with E-state index in [2.05, 4.69) is 18.8 Å². The Bertz CT molecular complexity index is 344. The molecule has 2 rings (SSSR count). The molecule has 1 saturated carbocycles. The molecule has 1 aliphatic heterocycles. The van der Waals surface area contributed by atoms with Gasteiger partial charge in [0.05, 0.1) is 6.21 Å². The molecule has 2 N–H and O–H groups in total. The van der Waals surface area contributed by atoms with E-state index in [0.717, 1.165) is 19.3 Å². The molecular formula is C14H24N2O2. The third kappa shape index (κ3) is 2.79. The molecule has 0 aromatic rings. The molecule has 4 nitrogen and oxygen atoms in total.